The summed E-state index contributed by atoms with van der Waals surface area (Å²) in [5.41, 5.74) is 1.93. The number of aromatic nitrogens is 2. The van der Waals surface area contributed by atoms with Gasteiger partial charge in [0.05, 0.1) is 24.6 Å². The highest BCUT2D eigenvalue weighted by Crippen LogP contribution is 2.34. The van der Waals surface area contributed by atoms with Crippen LogP contribution in [0.3, 0.4) is 0 Å². The van der Waals surface area contributed by atoms with Crippen molar-refractivity contribution in [3.05, 3.63) is 70.3 Å². The van der Waals surface area contributed by atoms with Crippen LogP contribution in [0.4, 0.5) is 0 Å². The third kappa shape index (κ3) is 3.15. The zero-order valence-electron chi connectivity index (χ0n) is 14.2. The lowest BCUT2D eigenvalue weighted by Crippen LogP contribution is -2.25. The van der Waals surface area contributed by atoms with Gasteiger partial charge in [0.15, 0.2) is 0 Å². The van der Waals surface area contributed by atoms with Gasteiger partial charge in [-0.25, -0.2) is 4.98 Å². The Balaban J connectivity index is 1.62. The number of hydrogen-bond donors (Lipinski definition) is 1. The number of para-hydroxylation sites is 1. The van der Waals surface area contributed by atoms with Gasteiger partial charge >= 0.3 is 0 Å². The van der Waals surface area contributed by atoms with E-state index in [9.17, 15) is 4.79 Å². The van der Waals surface area contributed by atoms with E-state index in [4.69, 9.17) is 4.74 Å². The fraction of sp³-hybridized carbons (Fsp3) is 0.300. The van der Waals surface area contributed by atoms with E-state index >= 15 is 0 Å². The predicted octanol–water partition coefficient (Wildman–Crippen LogP) is 3.27. The zero-order chi connectivity index (χ0) is 17.2. The monoisotopic (exact) mass is 335 g/mol. The minimum absolute atomic E-state index is 0.0715. The summed E-state index contributed by atoms with van der Waals surface area (Å²) in [6, 6.07) is 16.0. The molecule has 1 saturated heterocycles. The second kappa shape index (κ2) is 6.69. The van der Waals surface area contributed by atoms with E-state index < -0.39 is 0 Å². The van der Waals surface area contributed by atoms with E-state index in [0.717, 1.165) is 36.5 Å². The summed E-state index contributed by atoms with van der Waals surface area (Å²) in [6.07, 6.45) is 2.24. The average molecular weight is 335 g/mol. The van der Waals surface area contributed by atoms with Crippen LogP contribution in [-0.2, 0) is 6.54 Å². The van der Waals surface area contributed by atoms with Crippen molar-refractivity contribution in [1.29, 1.82) is 0 Å². The summed E-state index contributed by atoms with van der Waals surface area (Å²) in [4.78, 5) is 22.2. The quantitative estimate of drug-likeness (QED) is 0.795. The highest BCUT2D eigenvalue weighted by atomic mass is 16.5. The van der Waals surface area contributed by atoms with Gasteiger partial charge in [-0.3, -0.25) is 9.69 Å². The van der Waals surface area contributed by atoms with E-state index in [0.29, 0.717) is 18.0 Å². The fourth-order valence-electron chi connectivity index (χ4n) is 3.64. The first-order valence-electron chi connectivity index (χ1n) is 8.60. The largest absolute Gasteiger partial charge is 0.497 e. The fourth-order valence-corrected chi connectivity index (χ4v) is 3.64. The molecule has 3 aromatic rings. The summed E-state index contributed by atoms with van der Waals surface area (Å²) >= 11 is 0. The summed E-state index contributed by atoms with van der Waals surface area (Å²) in [6.45, 7) is 1.64. The van der Waals surface area contributed by atoms with Gasteiger partial charge in [-0.05, 0) is 49.2 Å². The molecule has 1 atom stereocenters. The molecule has 0 radical (unpaired) electrons. The van der Waals surface area contributed by atoms with Crippen LogP contribution in [0.5, 0.6) is 5.75 Å². The Morgan fingerprint density at radius 3 is 3.00 bits per heavy atom. The minimum Gasteiger partial charge on any atom is -0.497 e. The first kappa shape index (κ1) is 15.8. The van der Waals surface area contributed by atoms with Crippen molar-refractivity contribution in [2.75, 3.05) is 13.7 Å². The maximum atomic E-state index is 12.3. The van der Waals surface area contributed by atoms with Gasteiger partial charge in [0.2, 0.25) is 0 Å². The molecular weight excluding hydrogens is 314 g/mol. The van der Waals surface area contributed by atoms with E-state index in [1.54, 1.807) is 13.2 Å². The molecule has 2 aromatic carbocycles. The van der Waals surface area contributed by atoms with E-state index in [1.807, 2.05) is 30.3 Å². The van der Waals surface area contributed by atoms with E-state index in [2.05, 4.69) is 27.0 Å². The molecule has 0 aliphatic carbocycles. The maximum Gasteiger partial charge on any atom is 0.258 e. The highest BCUT2D eigenvalue weighted by Gasteiger charge is 2.27. The van der Waals surface area contributed by atoms with Gasteiger partial charge < -0.3 is 9.72 Å². The van der Waals surface area contributed by atoms with Crippen LogP contribution >= 0.6 is 0 Å². The molecular formula is C20H21N3O2. The van der Waals surface area contributed by atoms with Crippen LogP contribution < -0.4 is 10.3 Å². The molecule has 0 saturated carbocycles. The topological polar surface area (TPSA) is 58.2 Å². The first-order valence-corrected chi connectivity index (χ1v) is 8.60. The van der Waals surface area contributed by atoms with Gasteiger partial charge in [0, 0.05) is 6.04 Å². The Morgan fingerprint density at radius 2 is 2.12 bits per heavy atom. The Kier molecular flexibility index (Phi) is 4.24. The molecule has 25 heavy (non-hydrogen) atoms. The van der Waals surface area contributed by atoms with Crippen molar-refractivity contribution in [3.8, 4) is 5.75 Å². The van der Waals surface area contributed by atoms with Crippen LogP contribution in [0.15, 0.2) is 53.3 Å². The Hall–Kier alpha value is -2.66. The standard InChI is InChI=1S/C20H21N3O2/c1-25-15-7-4-6-14(12-15)18-10-5-11-23(18)13-19-21-17-9-3-2-8-16(17)20(24)22-19/h2-4,6-9,12,18H,5,10-11,13H2,1H3,(H,21,22,24)/t18-/m1/s1. The molecule has 128 valence electrons. The molecule has 0 amide bonds. The molecule has 1 N–H and O–H groups in total. The number of ether oxygens (including phenoxy) is 1. The van der Waals surface area contributed by atoms with Crippen molar-refractivity contribution in [1.82, 2.24) is 14.9 Å². The van der Waals surface area contributed by atoms with Crippen LogP contribution in [0.25, 0.3) is 10.9 Å². The van der Waals surface area contributed by atoms with E-state index in [-0.39, 0.29) is 5.56 Å². The average Bonchev–Trinajstić information content (AvgIpc) is 3.10. The molecule has 5 heteroatoms. The van der Waals surface area contributed by atoms with Gasteiger partial charge in [0.1, 0.15) is 11.6 Å². The number of nitrogens with zero attached hydrogens (tertiary/aromatic N) is 2. The van der Waals surface area contributed by atoms with Crippen LogP contribution in [0.2, 0.25) is 0 Å². The minimum atomic E-state index is -0.0715. The summed E-state index contributed by atoms with van der Waals surface area (Å²) in [7, 11) is 1.69. The maximum absolute atomic E-state index is 12.3. The number of nitrogens with one attached hydrogen (secondary N) is 1. The smallest absolute Gasteiger partial charge is 0.258 e. The van der Waals surface area contributed by atoms with Crippen molar-refractivity contribution < 1.29 is 4.74 Å². The lowest BCUT2D eigenvalue weighted by molar-refractivity contribution is 0.242. The molecule has 0 spiro atoms. The number of rotatable bonds is 4. The zero-order valence-corrected chi connectivity index (χ0v) is 14.2. The number of aromatic amines is 1. The normalized spacial score (nSPS) is 17.9. The summed E-state index contributed by atoms with van der Waals surface area (Å²) in [5, 5.41) is 0.636. The molecule has 0 unspecified atom stereocenters. The Bertz CT molecular complexity index is 951. The van der Waals surface area contributed by atoms with Gasteiger partial charge in [0.25, 0.3) is 5.56 Å². The number of methoxy groups -OCH3 is 1. The summed E-state index contributed by atoms with van der Waals surface area (Å²) < 4.78 is 5.35. The van der Waals surface area contributed by atoms with Crippen molar-refractivity contribution in [3.63, 3.8) is 0 Å². The Morgan fingerprint density at radius 1 is 1.24 bits per heavy atom. The van der Waals surface area contributed by atoms with E-state index in [1.165, 1.54) is 5.56 Å². The lowest BCUT2D eigenvalue weighted by Gasteiger charge is -2.24. The number of H-pyrrole nitrogens is 1. The number of likely N-dealkylation sites (tertiary alicyclic amines) is 1. The number of benzene rings is 2. The van der Waals surface area contributed by atoms with Crippen molar-refractivity contribution in [2.45, 2.75) is 25.4 Å². The summed E-state index contributed by atoms with van der Waals surface area (Å²) in [5.74, 6) is 1.60. The molecule has 2 heterocycles. The van der Waals surface area contributed by atoms with Crippen molar-refractivity contribution >= 4 is 10.9 Å². The second-order valence-corrected chi connectivity index (χ2v) is 6.43. The van der Waals surface area contributed by atoms with Crippen molar-refractivity contribution in [2.24, 2.45) is 0 Å². The molecule has 1 aliphatic heterocycles. The molecule has 4 rings (SSSR count). The van der Waals surface area contributed by atoms with Crippen LogP contribution in [-0.4, -0.2) is 28.5 Å². The molecule has 5 nitrogen and oxygen atoms in total. The van der Waals surface area contributed by atoms with Gasteiger partial charge in [-0.2, -0.15) is 0 Å². The second-order valence-electron chi connectivity index (χ2n) is 6.43. The number of fused-ring (bicyclic) bond motifs is 1. The highest BCUT2D eigenvalue weighted by molar-refractivity contribution is 5.77. The first-order chi connectivity index (χ1) is 12.2. The molecule has 1 fully saturated rings. The molecule has 1 aliphatic rings. The van der Waals surface area contributed by atoms with Crippen LogP contribution in [0.1, 0.15) is 30.3 Å². The molecule has 0 bridgehead atoms. The predicted molar refractivity (Wildman–Crippen MR) is 97.7 cm³/mol. The Labute approximate surface area is 146 Å². The lowest BCUT2D eigenvalue weighted by atomic mass is 10.0. The molecule has 1 aromatic heterocycles. The number of hydrogen-bond acceptors (Lipinski definition) is 4. The van der Waals surface area contributed by atoms with Gasteiger partial charge in [-0.15, -0.1) is 0 Å². The SMILES string of the molecule is COc1cccc([C@H]2CCCN2Cc2nc3ccccc3c(=O)[nH]2)c1. The third-order valence-corrected chi connectivity index (χ3v) is 4.86. The van der Waals surface area contributed by atoms with Crippen LogP contribution in [0, 0.1) is 0 Å². The third-order valence-electron chi connectivity index (χ3n) is 4.86. The van der Waals surface area contributed by atoms with Gasteiger partial charge in [-0.1, -0.05) is 24.3 Å².